The van der Waals surface area contributed by atoms with Crippen molar-refractivity contribution in [1.29, 1.82) is 0 Å². The smallest absolute Gasteiger partial charge is 0.329 e. The van der Waals surface area contributed by atoms with E-state index in [0.29, 0.717) is 18.0 Å². The molecular weight excluding hydrogens is 316 g/mol. The number of rotatable bonds is 6. The number of benzene rings is 1. The number of nitrogens with zero attached hydrogens (tertiary/aromatic N) is 3. The summed E-state index contributed by atoms with van der Waals surface area (Å²) in [6.45, 7) is 2.01. The first-order valence-electron chi connectivity index (χ1n) is 7.14. The third kappa shape index (κ3) is 3.37. The number of thioether (sulfide) groups is 1. The molecule has 2 N–H and O–H groups in total. The van der Waals surface area contributed by atoms with Crippen LogP contribution in [0.2, 0.25) is 0 Å². The SMILES string of the molecule is Cc1ccc(-n2cnnc2SCC(=O)NC2(C(=O)O)CC2)cc1. The molecule has 23 heavy (non-hydrogen) atoms. The molecule has 2 aromatic rings. The number of carbonyl (C=O) groups is 2. The number of aliphatic carboxylic acids is 1. The minimum atomic E-state index is -1.05. The average Bonchev–Trinajstić information content (AvgIpc) is 3.15. The Morgan fingerprint density at radius 3 is 2.65 bits per heavy atom. The molecule has 1 saturated carbocycles. The maximum Gasteiger partial charge on any atom is 0.329 e. The number of carboxylic acids is 1. The minimum absolute atomic E-state index is 0.0968. The Bertz CT molecular complexity index is 737. The molecule has 0 aliphatic heterocycles. The largest absolute Gasteiger partial charge is 0.480 e. The molecule has 0 radical (unpaired) electrons. The van der Waals surface area contributed by atoms with Crippen molar-refractivity contribution in [2.24, 2.45) is 0 Å². The Kier molecular flexibility index (Phi) is 4.08. The highest BCUT2D eigenvalue weighted by Crippen LogP contribution is 2.35. The standard InChI is InChI=1S/C15H16N4O3S/c1-10-2-4-11(5-3-10)19-9-16-18-14(19)23-8-12(20)17-15(6-7-15)13(21)22/h2-5,9H,6-8H2,1H3,(H,17,20)(H,21,22). The van der Waals surface area contributed by atoms with Gasteiger partial charge >= 0.3 is 5.97 Å². The van der Waals surface area contributed by atoms with Crippen LogP contribution in [0.5, 0.6) is 0 Å². The number of hydrogen-bond donors (Lipinski definition) is 2. The number of amides is 1. The van der Waals surface area contributed by atoms with Gasteiger partial charge in [0.25, 0.3) is 0 Å². The summed E-state index contributed by atoms with van der Waals surface area (Å²) in [5.41, 5.74) is 1.01. The fourth-order valence-electron chi connectivity index (χ4n) is 2.16. The van der Waals surface area contributed by atoms with E-state index in [9.17, 15) is 9.59 Å². The first-order valence-corrected chi connectivity index (χ1v) is 8.13. The summed E-state index contributed by atoms with van der Waals surface area (Å²) in [5, 5.41) is 20.1. The molecule has 0 unspecified atom stereocenters. The number of carbonyl (C=O) groups excluding carboxylic acids is 1. The molecule has 1 aliphatic rings. The third-order valence-electron chi connectivity index (χ3n) is 3.70. The van der Waals surface area contributed by atoms with E-state index in [1.54, 1.807) is 10.9 Å². The van der Waals surface area contributed by atoms with Gasteiger partial charge in [-0.1, -0.05) is 29.5 Å². The van der Waals surface area contributed by atoms with Gasteiger partial charge in [0.15, 0.2) is 5.16 Å². The van der Waals surface area contributed by atoms with Crippen molar-refractivity contribution < 1.29 is 14.7 Å². The zero-order chi connectivity index (χ0) is 16.4. The predicted octanol–water partition coefficient (Wildman–Crippen LogP) is 1.40. The highest BCUT2D eigenvalue weighted by Gasteiger charge is 2.51. The van der Waals surface area contributed by atoms with E-state index >= 15 is 0 Å². The van der Waals surface area contributed by atoms with Gasteiger partial charge in [0, 0.05) is 5.69 Å². The second-order valence-corrected chi connectivity index (χ2v) is 6.49. The van der Waals surface area contributed by atoms with Gasteiger partial charge in [-0.2, -0.15) is 0 Å². The molecule has 8 heteroatoms. The summed E-state index contributed by atoms with van der Waals surface area (Å²) in [7, 11) is 0. The second kappa shape index (κ2) is 6.04. The summed E-state index contributed by atoms with van der Waals surface area (Å²) in [6.07, 6.45) is 2.56. The lowest BCUT2D eigenvalue weighted by molar-refractivity contribution is -0.142. The molecule has 0 saturated heterocycles. The molecule has 1 aromatic carbocycles. The Hall–Kier alpha value is -2.35. The quantitative estimate of drug-likeness (QED) is 0.776. The summed E-state index contributed by atoms with van der Waals surface area (Å²) in [5.74, 6) is -1.19. The van der Waals surface area contributed by atoms with E-state index in [-0.39, 0.29) is 11.7 Å². The molecular formula is C15H16N4O3S. The number of aromatic nitrogens is 3. The normalized spacial score (nSPS) is 15.2. The van der Waals surface area contributed by atoms with E-state index in [0.717, 1.165) is 11.3 Å². The fraction of sp³-hybridized carbons (Fsp3) is 0.333. The molecule has 0 spiro atoms. The van der Waals surface area contributed by atoms with Gasteiger partial charge in [0.05, 0.1) is 5.75 Å². The van der Waals surface area contributed by atoms with Gasteiger partial charge in [-0.3, -0.25) is 9.36 Å². The van der Waals surface area contributed by atoms with Crippen molar-refractivity contribution in [3.05, 3.63) is 36.2 Å². The Labute approximate surface area is 137 Å². The maximum absolute atomic E-state index is 11.9. The van der Waals surface area contributed by atoms with Crippen molar-refractivity contribution in [2.45, 2.75) is 30.5 Å². The monoisotopic (exact) mass is 332 g/mol. The molecule has 1 fully saturated rings. The lowest BCUT2D eigenvalue weighted by Crippen LogP contribution is -2.43. The number of carboxylic acid groups (broad SMARTS) is 1. The third-order valence-corrected chi connectivity index (χ3v) is 4.64. The highest BCUT2D eigenvalue weighted by molar-refractivity contribution is 7.99. The number of hydrogen-bond acceptors (Lipinski definition) is 5. The van der Waals surface area contributed by atoms with Crippen LogP contribution >= 0.6 is 11.8 Å². The van der Waals surface area contributed by atoms with Gasteiger partial charge in [-0.15, -0.1) is 10.2 Å². The van der Waals surface area contributed by atoms with Crippen LogP contribution in [-0.2, 0) is 9.59 Å². The van der Waals surface area contributed by atoms with Crippen LogP contribution in [0.25, 0.3) is 5.69 Å². The lowest BCUT2D eigenvalue weighted by atomic mass is 10.2. The Balaban J connectivity index is 1.63. The fourth-order valence-corrected chi connectivity index (χ4v) is 2.88. The van der Waals surface area contributed by atoms with E-state index in [1.807, 2.05) is 31.2 Å². The molecule has 0 bridgehead atoms. The van der Waals surface area contributed by atoms with Crippen molar-refractivity contribution >= 4 is 23.6 Å². The molecule has 120 valence electrons. The van der Waals surface area contributed by atoms with Crippen LogP contribution in [-0.4, -0.2) is 43.0 Å². The van der Waals surface area contributed by atoms with Gasteiger partial charge in [0.1, 0.15) is 11.9 Å². The molecule has 1 aliphatic carbocycles. The van der Waals surface area contributed by atoms with Crippen LogP contribution in [0.15, 0.2) is 35.7 Å². The van der Waals surface area contributed by atoms with Crippen LogP contribution in [0, 0.1) is 6.92 Å². The van der Waals surface area contributed by atoms with Gasteiger partial charge in [-0.05, 0) is 31.9 Å². The molecule has 1 heterocycles. The molecule has 1 amide bonds. The van der Waals surface area contributed by atoms with Crippen molar-refractivity contribution in [1.82, 2.24) is 20.1 Å². The van der Waals surface area contributed by atoms with Gasteiger partial charge in [0.2, 0.25) is 5.91 Å². The summed E-state index contributed by atoms with van der Waals surface area (Å²) >= 11 is 1.23. The predicted molar refractivity (Wildman–Crippen MR) is 84.6 cm³/mol. The van der Waals surface area contributed by atoms with Gasteiger partial charge in [-0.25, -0.2) is 4.79 Å². The Morgan fingerprint density at radius 2 is 2.04 bits per heavy atom. The van der Waals surface area contributed by atoms with E-state index < -0.39 is 11.5 Å². The maximum atomic E-state index is 11.9. The topological polar surface area (TPSA) is 97.1 Å². The summed E-state index contributed by atoms with van der Waals surface area (Å²) < 4.78 is 1.79. The zero-order valence-electron chi connectivity index (χ0n) is 12.5. The Morgan fingerprint density at radius 1 is 1.35 bits per heavy atom. The first kappa shape index (κ1) is 15.5. The molecule has 3 rings (SSSR count). The minimum Gasteiger partial charge on any atom is -0.480 e. The van der Waals surface area contributed by atoms with Crippen LogP contribution < -0.4 is 5.32 Å². The van der Waals surface area contributed by atoms with Crippen molar-refractivity contribution in [3.63, 3.8) is 0 Å². The van der Waals surface area contributed by atoms with Crippen LogP contribution in [0.3, 0.4) is 0 Å². The second-order valence-electron chi connectivity index (χ2n) is 5.54. The van der Waals surface area contributed by atoms with Crippen LogP contribution in [0.4, 0.5) is 0 Å². The van der Waals surface area contributed by atoms with Crippen molar-refractivity contribution in [2.75, 3.05) is 5.75 Å². The van der Waals surface area contributed by atoms with Crippen molar-refractivity contribution in [3.8, 4) is 5.69 Å². The molecule has 7 nitrogen and oxygen atoms in total. The summed E-state index contributed by atoms with van der Waals surface area (Å²) in [6, 6.07) is 7.87. The number of aryl methyl sites for hydroxylation is 1. The lowest BCUT2D eigenvalue weighted by Gasteiger charge is -2.12. The van der Waals surface area contributed by atoms with Crippen LogP contribution in [0.1, 0.15) is 18.4 Å². The van der Waals surface area contributed by atoms with E-state index in [4.69, 9.17) is 5.11 Å². The van der Waals surface area contributed by atoms with Gasteiger partial charge < -0.3 is 10.4 Å². The summed E-state index contributed by atoms with van der Waals surface area (Å²) in [4.78, 5) is 23.0. The zero-order valence-corrected chi connectivity index (χ0v) is 13.3. The number of nitrogens with one attached hydrogen (secondary N) is 1. The average molecular weight is 332 g/mol. The first-order chi connectivity index (χ1) is 11.0. The van der Waals surface area contributed by atoms with E-state index in [1.165, 1.54) is 11.8 Å². The molecule has 1 aromatic heterocycles. The molecule has 0 atom stereocenters. The highest BCUT2D eigenvalue weighted by atomic mass is 32.2. The van der Waals surface area contributed by atoms with E-state index in [2.05, 4.69) is 15.5 Å².